The number of unbranched alkanes of at least 4 members (excludes halogenated alkanes) is 1. The Kier molecular flexibility index (Phi) is 6.90. The van der Waals surface area contributed by atoms with Gasteiger partial charge in [-0.15, -0.1) is 0 Å². The smallest absolute Gasteiger partial charge is 0.253 e. The van der Waals surface area contributed by atoms with Crippen LogP contribution in [0.25, 0.3) is 0 Å². The van der Waals surface area contributed by atoms with Crippen LogP contribution in [-0.4, -0.2) is 21.8 Å². The van der Waals surface area contributed by atoms with E-state index >= 15 is 0 Å². The van der Waals surface area contributed by atoms with Crippen molar-refractivity contribution in [1.82, 2.24) is 9.27 Å². The van der Waals surface area contributed by atoms with E-state index in [1.807, 2.05) is 6.92 Å². The minimum absolute atomic E-state index is 0.0380. The van der Waals surface area contributed by atoms with Crippen LogP contribution in [0.4, 0.5) is 0 Å². The second-order valence-corrected chi connectivity index (χ2v) is 12.3. The van der Waals surface area contributed by atoms with Crippen LogP contribution in [0, 0.1) is 16.7 Å². The van der Waals surface area contributed by atoms with E-state index in [2.05, 4.69) is 57.0 Å². The monoisotopic (exact) mass is 447 g/mol. The standard InChI is InChI=1S/C25H41N3O2S/c1-8-9-11-17-16-28(23(2,3)4)31-21(17)27-22(30)25(7)15-14-19(24(25,5)6)20(29)26-18-12-10-13-18/h16,18-19H,8-15H2,1-7H3,(H,26,29)/b27-21-. The minimum atomic E-state index is -0.632. The molecule has 0 radical (unpaired) electrons. The molecule has 2 amide bonds. The van der Waals surface area contributed by atoms with Gasteiger partial charge in [0.1, 0.15) is 4.67 Å². The maximum Gasteiger partial charge on any atom is 0.253 e. The summed E-state index contributed by atoms with van der Waals surface area (Å²) in [5, 5.41) is 3.21. The molecule has 2 aliphatic rings. The van der Waals surface area contributed by atoms with Crippen molar-refractivity contribution in [2.24, 2.45) is 21.7 Å². The van der Waals surface area contributed by atoms with Gasteiger partial charge in [-0.05, 0) is 82.7 Å². The average molecular weight is 448 g/mol. The molecule has 3 rings (SSSR count). The Morgan fingerprint density at radius 2 is 1.90 bits per heavy atom. The molecule has 31 heavy (non-hydrogen) atoms. The van der Waals surface area contributed by atoms with Crippen LogP contribution < -0.4 is 9.99 Å². The van der Waals surface area contributed by atoms with Gasteiger partial charge in [-0.3, -0.25) is 13.5 Å². The van der Waals surface area contributed by atoms with E-state index in [1.54, 1.807) is 11.5 Å². The lowest BCUT2D eigenvalue weighted by atomic mass is 9.65. The molecule has 1 aromatic heterocycles. The third-order valence-corrected chi connectivity index (χ3v) is 9.24. The highest BCUT2D eigenvalue weighted by Gasteiger charge is 2.58. The summed E-state index contributed by atoms with van der Waals surface area (Å²) in [6, 6.07) is 0.329. The minimum Gasteiger partial charge on any atom is -0.353 e. The summed E-state index contributed by atoms with van der Waals surface area (Å²) < 4.78 is 3.05. The molecule has 2 saturated carbocycles. The van der Waals surface area contributed by atoms with Gasteiger partial charge >= 0.3 is 0 Å². The second-order valence-electron chi connectivity index (χ2n) is 11.3. The molecule has 1 heterocycles. The summed E-state index contributed by atoms with van der Waals surface area (Å²) >= 11 is 1.58. The Bertz CT molecular complexity index is 885. The van der Waals surface area contributed by atoms with Crippen molar-refractivity contribution in [3.8, 4) is 0 Å². The van der Waals surface area contributed by atoms with E-state index in [0.717, 1.165) is 48.8 Å². The van der Waals surface area contributed by atoms with Gasteiger partial charge in [-0.2, -0.15) is 0 Å². The highest BCUT2D eigenvalue weighted by Crippen LogP contribution is 2.56. The van der Waals surface area contributed by atoms with E-state index in [4.69, 9.17) is 4.99 Å². The van der Waals surface area contributed by atoms with Crippen molar-refractivity contribution in [2.45, 2.75) is 111 Å². The van der Waals surface area contributed by atoms with Crippen LogP contribution in [0.5, 0.6) is 0 Å². The van der Waals surface area contributed by atoms with E-state index in [-0.39, 0.29) is 23.3 Å². The molecule has 2 unspecified atom stereocenters. The molecule has 0 aromatic carbocycles. The quantitative estimate of drug-likeness (QED) is 0.652. The topological polar surface area (TPSA) is 63.5 Å². The number of hydrogen-bond acceptors (Lipinski definition) is 3. The largest absolute Gasteiger partial charge is 0.353 e. The SMILES string of the molecule is CCCCc1cn(C(C)(C)C)s/c1=N\C(=O)C1(C)CCC(C(=O)NC2CCC2)C1(C)C. The summed E-state index contributed by atoms with van der Waals surface area (Å²) in [4.78, 5) is 31.3. The molecule has 0 saturated heterocycles. The Labute approximate surface area is 191 Å². The lowest BCUT2D eigenvalue weighted by Crippen LogP contribution is -2.48. The number of nitrogens with one attached hydrogen (secondary N) is 1. The fourth-order valence-corrected chi connectivity index (χ4v) is 5.78. The number of amides is 2. The first-order chi connectivity index (χ1) is 14.4. The zero-order valence-electron chi connectivity index (χ0n) is 20.5. The molecule has 1 aromatic rings. The zero-order valence-corrected chi connectivity index (χ0v) is 21.3. The van der Waals surface area contributed by atoms with Crippen LogP contribution in [0.15, 0.2) is 11.2 Å². The number of rotatable bonds is 6. The number of nitrogens with zero attached hydrogens (tertiary/aromatic N) is 2. The normalized spacial score (nSPS) is 26.7. The number of carbonyl (C=O) groups excluding carboxylic acids is 2. The molecule has 0 aliphatic heterocycles. The molecule has 0 bridgehead atoms. The van der Waals surface area contributed by atoms with Crippen molar-refractivity contribution >= 4 is 23.3 Å². The van der Waals surface area contributed by atoms with Crippen molar-refractivity contribution in [3.63, 3.8) is 0 Å². The van der Waals surface area contributed by atoms with E-state index in [0.29, 0.717) is 12.5 Å². The molecular weight excluding hydrogens is 406 g/mol. The summed E-state index contributed by atoms with van der Waals surface area (Å²) in [7, 11) is 0. The molecule has 1 N–H and O–H groups in total. The first-order valence-electron chi connectivity index (χ1n) is 12.0. The van der Waals surface area contributed by atoms with Gasteiger partial charge < -0.3 is 5.32 Å². The van der Waals surface area contributed by atoms with Crippen molar-refractivity contribution in [1.29, 1.82) is 0 Å². The van der Waals surface area contributed by atoms with Crippen LogP contribution >= 0.6 is 11.5 Å². The van der Waals surface area contributed by atoms with Crippen LogP contribution in [0.1, 0.15) is 99.0 Å². The summed E-state index contributed by atoms with van der Waals surface area (Å²) in [5.41, 5.74) is 0.0629. The van der Waals surface area contributed by atoms with Gasteiger partial charge in [0.15, 0.2) is 0 Å². The van der Waals surface area contributed by atoms with Crippen LogP contribution in [-0.2, 0) is 21.5 Å². The zero-order chi connectivity index (χ0) is 23.0. The predicted molar refractivity (Wildman–Crippen MR) is 127 cm³/mol. The Balaban J connectivity index is 1.88. The van der Waals surface area contributed by atoms with Gasteiger partial charge in [0.2, 0.25) is 5.91 Å². The average Bonchev–Trinajstić information content (AvgIpc) is 3.15. The summed E-state index contributed by atoms with van der Waals surface area (Å²) in [6.07, 6.45) is 10.1. The maximum absolute atomic E-state index is 13.6. The van der Waals surface area contributed by atoms with Gasteiger partial charge in [-0.25, -0.2) is 4.99 Å². The Morgan fingerprint density at radius 1 is 1.23 bits per heavy atom. The number of aryl methyl sites for hydroxylation is 1. The second kappa shape index (κ2) is 8.84. The Morgan fingerprint density at radius 3 is 2.45 bits per heavy atom. The molecule has 2 aliphatic carbocycles. The van der Waals surface area contributed by atoms with Gasteiger partial charge in [0.25, 0.3) is 5.91 Å². The highest BCUT2D eigenvalue weighted by molar-refractivity contribution is 7.04. The maximum atomic E-state index is 13.6. The first-order valence-corrected chi connectivity index (χ1v) is 12.8. The lowest BCUT2D eigenvalue weighted by molar-refractivity contribution is -0.136. The van der Waals surface area contributed by atoms with Crippen molar-refractivity contribution in [2.75, 3.05) is 0 Å². The van der Waals surface area contributed by atoms with Gasteiger partial charge in [-0.1, -0.05) is 34.1 Å². The molecule has 2 atom stereocenters. The first kappa shape index (κ1) is 24.2. The van der Waals surface area contributed by atoms with Crippen LogP contribution in [0.3, 0.4) is 0 Å². The molecule has 174 valence electrons. The molecule has 2 fully saturated rings. The van der Waals surface area contributed by atoms with Crippen molar-refractivity contribution < 1.29 is 9.59 Å². The highest BCUT2D eigenvalue weighted by atomic mass is 32.1. The number of aromatic nitrogens is 1. The van der Waals surface area contributed by atoms with Crippen LogP contribution in [0.2, 0.25) is 0 Å². The number of carbonyl (C=O) groups is 2. The van der Waals surface area contributed by atoms with E-state index < -0.39 is 10.8 Å². The summed E-state index contributed by atoms with van der Waals surface area (Å²) in [5.74, 6) is -0.0895. The molecular formula is C25H41N3O2S. The fourth-order valence-electron chi connectivity index (χ4n) is 4.75. The molecule has 5 nitrogen and oxygen atoms in total. The summed E-state index contributed by atoms with van der Waals surface area (Å²) in [6.45, 7) is 14.9. The van der Waals surface area contributed by atoms with Gasteiger partial charge in [0.05, 0.1) is 5.41 Å². The molecule has 6 heteroatoms. The van der Waals surface area contributed by atoms with E-state index in [9.17, 15) is 9.59 Å². The predicted octanol–water partition coefficient (Wildman–Crippen LogP) is 5.19. The Hall–Kier alpha value is -1.43. The molecule has 0 spiro atoms. The van der Waals surface area contributed by atoms with E-state index in [1.165, 1.54) is 6.42 Å². The third-order valence-electron chi connectivity index (χ3n) is 7.86. The number of hydrogen-bond donors (Lipinski definition) is 1. The van der Waals surface area contributed by atoms with Crippen molar-refractivity contribution in [3.05, 3.63) is 16.4 Å². The third kappa shape index (κ3) is 4.69. The lowest BCUT2D eigenvalue weighted by Gasteiger charge is -2.39. The van der Waals surface area contributed by atoms with Gasteiger partial charge in [0, 0.05) is 29.3 Å². The fraction of sp³-hybridized carbons (Fsp3) is 0.800.